The molecular formula is C3H3Cl2NO. The second kappa shape index (κ2) is 1.53. The lowest BCUT2D eigenvalue weighted by Gasteiger charge is -2.27. The average Bonchev–Trinajstić information content (AvgIpc) is 1.68. The molecule has 0 aromatic rings. The molecule has 1 aliphatic heterocycles. The number of carbonyl (C=O) groups excluding carboxylic acids is 1. The molecule has 1 rings (SSSR count). The van der Waals surface area contributed by atoms with Gasteiger partial charge in [0.25, 0.3) is 5.91 Å². The van der Waals surface area contributed by atoms with Crippen LogP contribution in [0.3, 0.4) is 0 Å². The minimum Gasteiger partial charge on any atom is -0.272 e. The summed E-state index contributed by atoms with van der Waals surface area (Å²) in [7, 11) is 0. The maximum atomic E-state index is 10.2. The second-order valence-corrected chi connectivity index (χ2v) is 2.29. The third-order valence-corrected chi connectivity index (χ3v) is 1.46. The van der Waals surface area contributed by atoms with Crippen LogP contribution in [0.25, 0.3) is 0 Å². The molecule has 2 nitrogen and oxygen atoms in total. The highest BCUT2D eigenvalue weighted by Gasteiger charge is 2.33. The predicted octanol–water partition coefficient (Wildman–Crippen LogP) is 0.590. The average molecular weight is 140 g/mol. The lowest BCUT2D eigenvalue weighted by Crippen LogP contribution is -2.47. The van der Waals surface area contributed by atoms with Crippen molar-refractivity contribution in [1.82, 2.24) is 4.42 Å². The Hall–Kier alpha value is 0.0500. The molecule has 1 unspecified atom stereocenters. The summed E-state index contributed by atoms with van der Waals surface area (Å²) in [6.07, 6.45) is 0. The number of amides is 1. The number of hydrogen-bond donors (Lipinski definition) is 0. The standard InChI is InChI=1S/C3H3Cl2NO/c4-2-1-6(5)3(2)7/h2H,1H2. The van der Waals surface area contributed by atoms with Crippen molar-refractivity contribution in [3.63, 3.8) is 0 Å². The zero-order chi connectivity index (χ0) is 5.44. The van der Waals surface area contributed by atoms with E-state index in [1.54, 1.807) is 0 Å². The number of rotatable bonds is 0. The van der Waals surface area contributed by atoms with E-state index in [-0.39, 0.29) is 11.3 Å². The molecule has 1 fully saturated rings. The first-order valence-corrected chi connectivity index (χ1v) is 2.60. The Morgan fingerprint density at radius 2 is 2.43 bits per heavy atom. The molecule has 1 atom stereocenters. The molecule has 7 heavy (non-hydrogen) atoms. The summed E-state index contributed by atoms with van der Waals surface area (Å²) in [5.74, 6) is -0.191. The van der Waals surface area contributed by atoms with E-state index in [4.69, 9.17) is 23.4 Å². The summed E-state index contributed by atoms with van der Waals surface area (Å²) in [4.78, 5) is 10.2. The minimum atomic E-state index is -0.363. The van der Waals surface area contributed by atoms with E-state index in [9.17, 15) is 4.79 Å². The van der Waals surface area contributed by atoms with Gasteiger partial charge in [-0.1, -0.05) is 0 Å². The number of nitrogens with zero attached hydrogens (tertiary/aromatic N) is 1. The second-order valence-electron chi connectivity index (χ2n) is 1.35. The number of halogens is 2. The van der Waals surface area contributed by atoms with Crippen molar-refractivity contribution >= 4 is 29.3 Å². The Morgan fingerprint density at radius 1 is 1.86 bits per heavy atom. The van der Waals surface area contributed by atoms with Gasteiger partial charge < -0.3 is 0 Å². The molecule has 0 N–H and O–H groups in total. The van der Waals surface area contributed by atoms with Crippen LogP contribution in [0.4, 0.5) is 0 Å². The summed E-state index contributed by atoms with van der Waals surface area (Å²) in [6.45, 7) is 0.474. The molecule has 0 aromatic carbocycles. The Morgan fingerprint density at radius 3 is 2.43 bits per heavy atom. The van der Waals surface area contributed by atoms with Crippen LogP contribution in [0.5, 0.6) is 0 Å². The van der Waals surface area contributed by atoms with Crippen LogP contribution >= 0.6 is 23.4 Å². The van der Waals surface area contributed by atoms with E-state index in [0.29, 0.717) is 6.54 Å². The van der Waals surface area contributed by atoms with Crippen LogP contribution in [0.2, 0.25) is 0 Å². The molecule has 0 saturated carbocycles. The number of carbonyl (C=O) groups is 1. The first kappa shape index (κ1) is 5.19. The van der Waals surface area contributed by atoms with Gasteiger partial charge in [-0.3, -0.25) is 9.21 Å². The first-order valence-electron chi connectivity index (χ1n) is 1.83. The summed E-state index contributed by atoms with van der Waals surface area (Å²) in [5, 5.41) is -0.363. The van der Waals surface area contributed by atoms with Gasteiger partial charge in [0.15, 0.2) is 0 Å². The van der Waals surface area contributed by atoms with Crippen molar-refractivity contribution in [3.8, 4) is 0 Å². The smallest absolute Gasteiger partial charge is 0.256 e. The zero-order valence-corrected chi connectivity index (χ0v) is 4.91. The van der Waals surface area contributed by atoms with Gasteiger partial charge in [0.2, 0.25) is 0 Å². The highest BCUT2D eigenvalue weighted by Crippen LogP contribution is 2.17. The summed E-state index contributed by atoms with van der Waals surface area (Å²) >= 11 is 10.5. The number of hydrogen-bond acceptors (Lipinski definition) is 1. The van der Waals surface area contributed by atoms with E-state index in [1.165, 1.54) is 0 Å². The molecule has 40 valence electrons. The zero-order valence-electron chi connectivity index (χ0n) is 3.40. The number of β-lactam (4-membered cyclic amide) rings is 1. The van der Waals surface area contributed by atoms with E-state index in [1.807, 2.05) is 0 Å². The molecule has 1 heterocycles. The summed E-state index contributed by atoms with van der Waals surface area (Å²) < 4.78 is 1.07. The summed E-state index contributed by atoms with van der Waals surface area (Å²) in [6, 6.07) is 0. The van der Waals surface area contributed by atoms with E-state index in [2.05, 4.69) is 0 Å². The normalized spacial score (nSPS) is 30.3. The van der Waals surface area contributed by atoms with Gasteiger partial charge in [0.1, 0.15) is 5.38 Å². The van der Waals surface area contributed by atoms with Crippen molar-refractivity contribution in [2.24, 2.45) is 0 Å². The van der Waals surface area contributed by atoms with E-state index < -0.39 is 0 Å². The third kappa shape index (κ3) is 0.683. The van der Waals surface area contributed by atoms with Crippen LogP contribution in [0, 0.1) is 0 Å². The van der Waals surface area contributed by atoms with Crippen LogP contribution in [-0.2, 0) is 4.79 Å². The maximum Gasteiger partial charge on any atom is 0.256 e. The fourth-order valence-electron chi connectivity index (χ4n) is 0.348. The molecule has 0 aliphatic carbocycles. The molecule has 1 saturated heterocycles. The molecule has 1 amide bonds. The number of alkyl halides is 1. The Kier molecular flexibility index (Phi) is 1.13. The van der Waals surface area contributed by atoms with Crippen LogP contribution in [0.1, 0.15) is 0 Å². The van der Waals surface area contributed by atoms with Gasteiger partial charge in [-0.2, -0.15) is 0 Å². The van der Waals surface area contributed by atoms with Crippen molar-refractivity contribution in [1.29, 1.82) is 0 Å². The Balaban J connectivity index is 2.44. The predicted molar refractivity (Wildman–Crippen MR) is 27.2 cm³/mol. The first-order chi connectivity index (χ1) is 3.22. The van der Waals surface area contributed by atoms with Crippen molar-refractivity contribution in [2.75, 3.05) is 6.54 Å². The molecule has 0 aromatic heterocycles. The minimum absolute atomic E-state index is 0.191. The Labute approximate surface area is 51.1 Å². The quantitative estimate of drug-likeness (QED) is 0.274. The monoisotopic (exact) mass is 139 g/mol. The van der Waals surface area contributed by atoms with Crippen molar-refractivity contribution < 1.29 is 4.79 Å². The van der Waals surface area contributed by atoms with E-state index in [0.717, 1.165) is 4.42 Å². The maximum absolute atomic E-state index is 10.2. The lowest BCUT2D eigenvalue weighted by molar-refractivity contribution is -0.132. The van der Waals surface area contributed by atoms with Gasteiger partial charge in [-0.25, -0.2) is 0 Å². The largest absolute Gasteiger partial charge is 0.272 e. The third-order valence-electron chi connectivity index (χ3n) is 0.828. The van der Waals surface area contributed by atoms with Crippen molar-refractivity contribution in [2.45, 2.75) is 5.38 Å². The van der Waals surface area contributed by atoms with Crippen LogP contribution < -0.4 is 0 Å². The van der Waals surface area contributed by atoms with Crippen molar-refractivity contribution in [3.05, 3.63) is 0 Å². The fraction of sp³-hybridized carbons (Fsp3) is 0.667. The van der Waals surface area contributed by atoms with Gasteiger partial charge in [0.05, 0.1) is 6.54 Å². The van der Waals surface area contributed by atoms with Gasteiger partial charge in [-0.15, -0.1) is 11.6 Å². The fourth-order valence-corrected chi connectivity index (χ4v) is 0.981. The SMILES string of the molecule is O=C1C(Cl)CN1Cl. The lowest BCUT2D eigenvalue weighted by atomic mass is 10.3. The topological polar surface area (TPSA) is 20.3 Å². The van der Waals surface area contributed by atoms with Gasteiger partial charge >= 0.3 is 0 Å². The van der Waals surface area contributed by atoms with Crippen LogP contribution in [0.15, 0.2) is 0 Å². The molecule has 0 radical (unpaired) electrons. The highest BCUT2D eigenvalue weighted by molar-refractivity contribution is 6.38. The molecule has 1 aliphatic rings. The Bertz CT molecular complexity index is 95.1. The van der Waals surface area contributed by atoms with Gasteiger partial charge in [0, 0.05) is 11.8 Å². The van der Waals surface area contributed by atoms with Gasteiger partial charge in [-0.05, 0) is 0 Å². The molecular weight excluding hydrogens is 137 g/mol. The molecule has 4 heteroatoms. The van der Waals surface area contributed by atoms with Crippen LogP contribution in [-0.4, -0.2) is 22.2 Å². The molecule has 0 spiro atoms. The summed E-state index contributed by atoms with van der Waals surface area (Å²) in [5.41, 5.74) is 0. The van der Waals surface area contributed by atoms with E-state index >= 15 is 0 Å². The highest BCUT2D eigenvalue weighted by atomic mass is 35.5. The molecule has 0 bridgehead atoms.